The number of sulfone groups is 1. The van der Waals surface area contributed by atoms with Crippen LogP contribution in [0.3, 0.4) is 0 Å². The van der Waals surface area contributed by atoms with Gasteiger partial charge in [0, 0.05) is 37.4 Å². The Labute approximate surface area is 200 Å². The van der Waals surface area contributed by atoms with Crippen molar-refractivity contribution in [3.8, 4) is 11.3 Å². The summed E-state index contributed by atoms with van der Waals surface area (Å²) in [7, 11) is -3.08. The molecule has 2 saturated heterocycles. The second-order valence-corrected chi connectivity index (χ2v) is 11.6. The number of rotatable bonds is 4. The number of aryl methyl sites for hydroxylation is 2. The third-order valence-electron chi connectivity index (χ3n) is 7.00. The van der Waals surface area contributed by atoms with Gasteiger partial charge in [0.15, 0.2) is 15.5 Å². The molecule has 2 fully saturated rings. The standard InChI is InChI=1S/C26H30N4O3S/c1-19-8-9-21(16-20(19)2)25-17-24(27-30(25)23-10-15-34(32,33)18-23)26(31)29-13-11-28(12-14-29)22-6-4-3-5-7-22/h3-9,16-17,23H,10-15,18H2,1-2H3. The van der Waals surface area contributed by atoms with Gasteiger partial charge >= 0.3 is 0 Å². The molecule has 0 radical (unpaired) electrons. The van der Waals surface area contributed by atoms with Crippen LogP contribution in [0.4, 0.5) is 5.69 Å². The van der Waals surface area contributed by atoms with Crippen LogP contribution < -0.4 is 4.90 Å². The van der Waals surface area contributed by atoms with Crippen LogP contribution in [0.25, 0.3) is 11.3 Å². The lowest BCUT2D eigenvalue weighted by molar-refractivity contribution is 0.0739. The Bertz CT molecular complexity index is 1310. The first kappa shape index (κ1) is 22.7. The van der Waals surface area contributed by atoms with Crippen molar-refractivity contribution in [3.05, 3.63) is 71.4 Å². The van der Waals surface area contributed by atoms with Crippen LogP contribution in [0.2, 0.25) is 0 Å². The monoisotopic (exact) mass is 478 g/mol. The van der Waals surface area contributed by atoms with Gasteiger partial charge in [0.2, 0.25) is 0 Å². The van der Waals surface area contributed by atoms with Gasteiger partial charge < -0.3 is 9.80 Å². The zero-order valence-electron chi connectivity index (χ0n) is 19.6. The van der Waals surface area contributed by atoms with Crippen molar-refractivity contribution >= 4 is 21.4 Å². The summed E-state index contributed by atoms with van der Waals surface area (Å²) < 4.78 is 26.1. The van der Waals surface area contributed by atoms with E-state index >= 15 is 0 Å². The number of carbonyl (C=O) groups is 1. The number of para-hydroxylation sites is 1. The van der Waals surface area contributed by atoms with E-state index in [2.05, 4.69) is 48.1 Å². The summed E-state index contributed by atoms with van der Waals surface area (Å²) in [4.78, 5) is 17.5. The molecule has 5 rings (SSSR count). The number of hydrogen-bond acceptors (Lipinski definition) is 5. The number of nitrogens with zero attached hydrogens (tertiary/aromatic N) is 4. The van der Waals surface area contributed by atoms with Crippen molar-refractivity contribution < 1.29 is 13.2 Å². The summed E-state index contributed by atoms with van der Waals surface area (Å²) in [5.41, 5.74) is 5.63. The summed E-state index contributed by atoms with van der Waals surface area (Å²) in [5, 5.41) is 4.69. The van der Waals surface area contributed by atoms with E-state index in [0.29, 0.717) is 25.2 Å². The van der Waals surface area contributed by atoms with Crippen molar-refractivity contribution in [2.45, 2.75) is 26.3 Å². The van der Waals surface area contributed by atoms with Gasteiger partial charge in [-0.15, -0.1) is 0 Å². The molecular formula is C26H30N4O3S. The maximum Gasteiger partial charge on any atom is 0.274 e. The SMILES string of the molecule is Cc1ccc(-c2cc(C(=O)N3CCN(c4ccccc4)CC3)nn2C2CCS(=O)(=O)C2)cc1C. The molecule has 0 saturated carbocycles. The molecule has 34 heavy (non-hydrogen) atoms. The van der Waals surface area contributed by atoms with Gasteiger partial charge in [0.25, 0.3) is 5.91 Å². The van der Waals surface area contributed by atoms with Crippen LogP contribution in [0.5, 0.6) is 0 Å². The zero-order chi connectivity index (χ0) is 23.9. The largest absolute Gasteiger partial charge is 0.368 e. The number of amides is 1. The molecule has 0 spiro atoms. The maximum absolute atomic E-state index is 13.4. The number of benzene rings is 2. The van der Waals surface area contributed by atoms with Gasteiger partial charge in [-0.25, -0.2) is 8.42 Å². The molecule has 2 aliphatic heterocycles. The minimum absolute atomic E-state index is 0.0654. The van der Waals surface area contributed by atoms with Crippen molar-refractivity contribution in [3.63, 3.8) is 0 Å². The Hall–Kier alpha value is -3.13. The molecule has 8 heteroatoms. The lowest BCUT2D eigenvalue weighted by atomic mass is 10.0. The first-order chi connectivity index (χ1) is 16.3. The van der Waals surface area contributed by atoms with Crippen molar-refractivity contribution in [2.75, 3.05) is 42.6 Å². The maximum atomic E-state index is 13.4. The van der Waals surface area contributed by atoms with E-state index in [1.165, 1.54) is 11.3 Å². The number of piperazine rings is 1. The van der Waals surface area contributed by atoms with Gasteiger partial charge in [0.1, 0.15) is 0 Å². The molecule has 1 unspecified atom stereocenters. The Morgan fingerprint density at radius 3 is 2.32 bits per heavy atom. The Morgan fingerprint density at radius 2 is 1.68 bits per heavy atom. The van der Waals surface area contributed by atoms with Crippen LogP contribution in [0.1, 0.15) is 34.1 Å². The highest BCUT2D eigenvalue weighted by molar-refractivity contribution is 7.91. The fraction of sp³-hybridized carbons (Fsp3) is 0.385. The molecule has 7 nitrogen and oxygen atoms in total. The third kappa shape index (κ3) is 4.46. The topological polar surface area (TPSA) is 75.5 Å². The molecule has 0 N–H and O–H groups in total. The van der Waals surface area contributed by atoms with E-state index in [1.54, 1.807) is 4.68 Å². The van der Waals surface area contributed by atoms with Crippen LogP contribution in [0.15, 0.2) is 54.6 Å². The van der Waals surface area contributed by atoms with Crippen LogP contribution >= 0.6 is 0 Å². The van der Waals surface area contributed by atoms with Gasteiger partial charge in [-0.2, -0.15) is 5.10 Å². The Morgan fingerprint density at radius 1 is 0.941 bits per heavy atom. The highest BCUT2D eigenvalue weighted by Gasteiger charge is 2.33. The molecule has 0 aliphatic carbocycles. The van der Waals surface area contributed by atoms with Gasteiger partial charge in [-0.05, 0) is 55.7 Å². The number of anilines is 1. The number of carbonyl (C=O) groups excluding carboxylic acids is 1. The van der Waals surface area contributed by atoms with Gasteiger partial charge in [-0.1, -0.05) is 30.3 Å². The molecule has 1 aromatic heterocycles. The summed E-state index contributed by atoms with van der Waals surface area (Å²) in [6.07, 6.45) is 0.519. The average molecular weight is 479 g/mol. The minimum Gasteiger partial charge on any atom is -0.368 e. The quantitative estimate of drug-likeness (QED) is 0.574. The number of aromatic nitrogens is 2. The van der Waals surface area contributed by atoms with E-state index in [0.717, 1.165) is 29.9 Å². The second-order valence-electron chi connectivity index (χ2n) is 9.33. The minimum atomic E-state index is -3.08. The van der Waals surface area contributed by atoms with E-state index in [9.17, 15) is 13.2 Å². The first-order valence-corrected chi connectivity index (χ1v) is 13.6. The lowest BCUT2D eigenvalue weighted by Crippen LogP contribution is -2.48. The predicted octanol–water partition coefficient (Wildman–Crippen LogP) is 3.49. The highest BCUT2D eigenvalue weighted by Crippen LogP contribution is 2.31. The summed E-state index contributed by atoms with van der Waals surface area (Å²) in [5.74, 6) is 0.127. The molecule has 178 valence electrons. The normalized spacial score (nSPS) is 20.0. The lowest BCUT2D eigenvalue weighted by Gasteiger charge is -2.35. The molecule has 1 amide bonds. The van der Waals surface area contributed by atoms with E-state index in [1.807, 2.05) is 35.2 Å². The molecular weight excluding hydrogens is 448 g/mol. The fourth-order valence-electron chi connectivity index (χ4n) is 4.83. The summed E-state index contributed by atoms with van der Waals surface area (Å²) in [6.45, 7) is 6.89. The van der Waals surface area contributed by atoms with Crippen molar-refractivity contribution in [2.24, 2.45) is 0 Å². The summed E-state index contributed by atoms with van der Waals surface area (Å²) >= 11 is 0. The third-order valence-corrected chi connectivity index (χ3v) is 8.75. The van der Waals surface area contributed by atoms with Gasteiger partial charge in [0.05, 0.1) is 23.2 Å². The van der Waals surface area contributed by atoms with Crippen molar-refractivity contribution in [1.29, 1.82) is 0 Å². The van der Waals surface area contributed by atoms with Crippen LogP contribution in [0, 0.1) is 13.8 Å². The van der Waals surface area contributed by atoms with E-state index < -0.39 is 9.84 Å². The average Bonchev–Trinajstić information content (AvgIpc) is 3.44. The van der Waals surface area contributed by atoms with Crippen LogP contribution in [-0.2, 0) is 9.84 Å². The fourth-order valence-corrected chi connectivity index (χ4v) is 6.52. The predicted molar refractivity (Wildman–Crippen MR) is 134 cm³/mol. The van der Waals surface area contributed by atoms with E-state index in [4.69, 9.17) is 0 Å². The molecule has 2 aliphatic rings. The molecule has 0 bridgehead atoms. The zero-order valence-corrected chi connectivity index (χ0v) is 20.5. The highest BCUT2D eigenvalue weighted by atomic mass is 32.2. The van der Waals surface area contributed by atoms with E-state index in [-0.39, 0.29) is 23.5 Å². The van der Waals surface area contributed by atoms with Gasteiger partial charge in [-0.3, -0.25) is 9.48 Å². The molecule has 3 aromatic rings. The first-order valence-electron chi connectivity index (χ1n) is 11.8. The molecule has 3 heterocycles. The Kier molecular flexibility index (Phi) is 5.93. The molecule has 2 aromatic carbocycles. The summed E-state index contributed by atoms with van der Waals surface area (Å²) in [6, 6.07) is 18.0. The smallest absolute Gasteiger partial charge is 0.274 e. The van der Waals surface area contributed by atoms with Crippen LogP contribution in [-0.4, -0.2) is 66.7 Å². The second kappa shape index (κ2) is 8.91. The number of hydrogen-bond donors (Lipinski definition) is 0. The Balaban J connectivity index is 1.41. The van der Waals surface area contributed by atoms with Crippen molar-refractivity contribution in [1.82, 2.24) is 14.7 Å². The molecule has 1 atom stereocenters.